The number of rotatable bonds is 1. The summed E-state index contributed by atoms with van der Waals surface area (Å²) in [4.78, 5) is 12.0. The van der Waals surface area contributed by atoms with Crippen LogP contribution in [-0.4, -0.2) is 5.91 Å². The molecule has 1 aromatic carbocycles. The molecule has 1 aromatic rings. The van der Waals surface area contributed by atoms with Gasteiger partial charge in [0.1, 0.15) is 0 Å². The van der Waals surface area contributed by atoms with Crippen LogP contribution >= 0.6 is 11.6 Å². The van der Waals surface area contributed by atoms with E-state index >= 15 is 0 Å². The molecule has 0 saturated heterocycles. The molecule has 0 spiro atoms. The fourth-order valence-corrected chi connectivity index (χ4v) is 2.50. The Bertz CT molecular complexity index is 864. The number of hydrogen-bond acceptors (Lipinski definition) is 1. The maximum absolute atomic E-state index is 12.0. The van der Waals surface area contributed by atoms with E-state index in [1.54, 1.807) is 6.92 Å². The lowest BCUT2D eigenvalue weighted by Gasteiger charge is -2.22. The zero-order valence-corrected chi connectivity index (χ0v) is 10.5. The maximum atomic E-state index is 12.0. The molecular formula is C15H16ClNO. The van der Waals surface area contributed by atoms with E-state index < -0.39 is 31.0 Å². The van der Waals surface area contributed by atoms with Gasteiger partial charge < -0.3 is 5.73 Å². The van der Waals surface area contributed by atoms with E-state index in [9.17, 15) is 4.79 Å². The summed E-state index contributed by atoms with van der Waals surface area (Å²) in [6, 6.07) is -0.165. The third-order valence-electron chi connectivity index (χ3n) is 3.19. The molecule has 0 bridgehead atoms. The van der Waals surface area contributed by atoms with Gasteiger partial charge in [-0.2, -0.15) is 0 Å². The highest BCUT2D eigenvalue weighted by molar-refractivity contribution is 6.31. The number of benzene rings is 1. The number of allylic oxidation sites excluding steroid dienone is 1. The van der Waals surface area contributed by atoms with Gasteiger partial charge in [-0.25, -0.2) is 0 Å². The van der Waals surface area contributed by atoms with Crippen molar-refractivity contribution < 1.29 is 14.4 Å². The van der Waals surface area contributed by atoms with Crippen molar-refractivity contribution in [1.82, 2.24) is 0 Å². The third-order valence-corrected chi connectivity index (χ3v) is 3.57. The van der Waals surface area contributed by atoms with Crippen molar-refractivity contribution in [2.45, 2.75) is 32.5 Å². The van der Waals surface area contributed by atoms with E-state index in [2.05, 4.69) is 0 Å². The number of halogens is 1. The first kappa shape index (κ1) is 6.25. The van der Waals surface area contributed by atoms with Crippen LogP contribution < -0.4 is 5.73 Å². The Hall–Kier alpha value is -1.28. The molecule has 2 N–H and O–H groups in total. The molecular weight excluding hydrogens is 246 g/mol. The molecule has 2 nitrogen and oxygen atoms in total. The van der Waals surface area contributed by atoms with Gasteiger partial charge >= 0.3 is 0 Å². The monoisotopic (exact) mass is 268 g/mol. The highest BCUT2D eigenvalue weighted by Crippen LogP contribution is 2.45. The predicted octanol–water partition coefficient (Wildman–Crippen LogP) is 3.24. The second-order valence-electron chi connectivity index (χ2n) is 4.34. The van der Waals surface area contributed by atoms with Crippen molar-refractivity contribution in [2.75, 3.05) is 0 Å². The zero-order chi connectivity index (χ0) is 19.1. The van der Waals surface area contributed by atoms with Crippen LogP contribution in [0.4, 0.5) is 0 Å². The summed E-state index contributed by atoms with van der Waals surface area (Å²) in [7, 11) is 0. The minimum absolute atomic E-state index is 0.00795. The number of fused-ring (bicyclic) bond motifs is 2. The third kappa shape index (κ3) is 1.67. The smallest absolute Gasteiger partial charge is 0.224 e. The molecule has 0 saturated carbocycles. The quantitative estimate of drug-likeness (QED) is 0.835. The van der Waals surface area contributed by atoms with Crippen LogP contribution in [-0.2, 0) is 11.2 Å². The number of amides is 1. The molecule has 3 heteroatoms. The standard InChI is InChI=1S/C15H16ClNO/c1-8-5-9-6-13-10(12(9)7-14(8)16)3-2-4-11(13)15(17)18/h5,7,11H,2-4,6H2,1H3,(H2,17,18)/i3D2,4D2,5D,7D,11D. The summed E-state index contributed by atoms with van der Waals surface area (Å²) in [5.41, 5.74) is 5.88. The average Bonchev–Trinajstić information content (AvgIpc) is 2.89. The van der Waals surface area contributed by atoms with Gasteiger partial charge in [-0.05, 0) is 66.4 Å². The Morgan fingerprint density at radius 2 is 2.44 bits per heavy atom. The number of carbonyl (C=O) groups excluding carboxylic acids is 1. The molecule has 0 aliphatic heterocycles. The van der Waals surface area contributed by atoms with E-state index in [1.807, 2.05) is 0 Å². The lowest BCUT2D eigenvalue weighted by Crippen LogP contribution is -2.27. The average molecular weight is 269 g/mol. The Labute approximate surface area is 122 Å². The molecule has 1 unspecified atom stereocenters. The van der Waals surface area contributed by atoms with Crippen molar-refractivity contribution in [2.24, 2.45) is 11.6 Å². The van der Waals surface area contributed by atoms with Crippen molar-refractivity contribution in [3.05, 3.63) is 39.4 Å². The molecule has 0 radical (unpaired) electrons. The molecule has 3 rings (SSSR count). The Balaban J connectivity index is 2.43. The number of nitrogens with two attached hydrogens (primary N) is 1. The van der Waals surface area contributed by atoms with Crippen molar-refractivity contribution in [3.8, 4) is 0 Å². The van der Waals surface area contributed by atoms with Crippen LogP contribution in [0.25, 0.3) is 5.57 Å². The molecule has 0 aromatic heterocycles. The van der Waals surface area contributed by atoms with E-state index in [-0.39, 0.29) is 45.8 Å². The van der Waals surface area contributed by atoms with E-state index in [0.717, 1.165) is 0 Å². The van der Waals surface area contributed by atoms with Gasteiger partial charge in [-0.1, -0.05) is 17.6 Å². The highest BCUT2D eigenvalue weighted by Gasteiger charge is 2.33. The van der Waals surface area contributed by atoms with Gasteiger partial charge in [0.2, 0.25) is 5.91 Å². The van der Waals surface area contributed by atoms with Crippen LogP contribution in [0.2, 0.25) is 5.02 Å². The van der Waals surface area contributed by atoms with Crippen molar-refractivity contribution in [1.29, 1.82) is 0 Å². The molecule has 94 valence electrons. The van der Waals surface area contributed by atoms with Crippen LogP contribution in [0.5, 0.6) is 0 Å². The van der Waals surface area contributed by atoms with E-state index in [4.69, 9.17) is 26.9 Å². The van der Waals surface area contributed by atoms with Crippen LogP contribution in [0.15, 0.2) is 17.7 Å². The summed E-state index contributed by atoms with van der Waals surface area (Å²) >= 11 is 6.12. The number of carbonyl (C=O) groups is 1. The molecule has 1 atom stereocenters. The van der Waals surface area contributed by atoms with E-state index in [0.29, 0.717) is 5.56 Å². The Kier molecular flexibility index (Phi) is 1.43. The normalized spacial score (nSPS) is 37.1. The summed E-state index contributed by atoms with van der Waals surface area (Å²) in [5.74, 6) is -3.68. The summed E-state index contributed by atoms with van der Waals surface area (Å²) in [6.45, 7) is 1.57. The van der Waals surface area contributed by atoms with Gasteiger partial charge in [-0.15, -0.1) is 0 Å². The number of hydrogen-bond donors (Lipinski definition) is 1. The molecule has 1 amide bonds. The van der Waals surface area contributed by atoms with Crippen LogP contribution in [0.3, 0.4) is 0 Å². The fourth-order valence-electron chi connectivity index (χ4n) is 2.36. The molecule has 18 heavy (non-hydrogen) atoms. The van der Waals surface area contributed by atoms with Crippen molar-refractivity contribution >= 4 is 23.1 Å². The lowest BCUT2D eigenvalue weighted by molar-refractivity contribution is -0.121. The zero-order valence-electron chi connectivity index (χ0n) is 16.8. The first-order chi connectivity index (χ1) is 11.3. The SMILES string of the molecule is [2H]c1c(C)c(Cl)c([2H])c2c1CC1=C2C([2H])([2H])CC([2H])([2H])C1([2H])C(N)=O. The van der Waals surface area contributed by atoms with E-state index in [1.165, 1.54) is 0 Å². The highest BCUT2D eigenvalue weighted by atomic mass is 35.5. The topological polar surface area (TPSA) is 43.1 Å². The Morgan fingerprint density at radius 3 is 3.17 bits per heavy atom. The molecule has 0 fully saturated rings. The maximum Gasteiger partial charge on any atom is 0.224 e. The van der Waals surface area contributed by atoms with Gasteiger partial charge in [0.25, 0.3) is 0 Å². The first-order valence-corrected chi connectivity index (χ1v) is 5.97. The van der Waals surface area contributed by atoms with Gasteiger partial charge in [0.15, 0.2) is 0 Å². The summed E-state index contributed by atoms with van der Waals surface area (Å²) in [6.07, 6.45) is -5.65. The minimum atomic E-state index is -2.52. The summed E-state index contributed by atoms with van der Waals surface area (Å²) in [5, 5.41) is 0.0107. The second-order valence-corrected chi connectivity index (χ2v) is 4.72. The predicted molar refractivity (Wildman–Crippen MR) is 73.3 cm³/mol. The fraction of sp³-hybridized carbons (Fsp3) is 0.400. The largest absolute Gasteiger partial charge is 0.369 e. The van der Waals surface area contributed by atoms with Gasteiger partial charge in [0, 0.05) is 11.9 Å². The van der Waals surface area contributed by atoms with Gasteiger partial charge in [0.05, 0.1) is 8.64 Å². The van der Waals surface area contributed by atoms with Gasteiger partial charge in [-0.3, -0.25) is 4.79 Å². The molecule has 2 aliphatic rings. The van der Waals surface area contributed by atoms with Crippen LogP contribution in [0.1, 0.15) is 45.5 Å². The minimum Gasteiger partial charge on any atom is -0.369 e. The lowest BCUT2D eigenvalue weighted by atomic mass is 9.82. The first-order valence-electron chi connectivity index (χ1n) is 9.10. The molecule has 2 aliphatic carbocycles. The Morgan fingerprint density at radius 1 is 1.67 bits per heavy atom. The number of primary amides is 1. The van der Waals surface area contributed by atoms with Crippen molar-refractivity contribution in [3.63, 3.8) is 0 Å². The summed E-state index contributed by atoms with van der Waals surface area (Å²) < 4.78 is 57.8. The molecule has 0 heterocycles. The van der Waals surface area contributed by atoms with Crippen LogP contribution in [0, 0.1) is 12.8 Å². The second kappa shape index (κ2) is 4.13.